The van der Waals surface area contributed by atoms with Crippen molar-refractivity contribution in [1.29, 1.82) is 0 Å². The molecule has 174 valence electrons. The molecule has 0 spiro atoms. The van der Waals surface area contributed by atoms with E-state index in [2.05, 4.69) is 16.0 Å². The summed E-state index contributed by atoms with van der Waals surface area (Å²) in [6, 6.07) is 7.98. The number of benzene rings is 1. The largest absolute Gasteiger partial charge is 0.497 e. The number of likely N-dealkylation sites (tertiary alicyclic amines) is 1. The number of imidazole rings is 1. The van der Waals surface area contributed by atoms with Gasteiger partial charge in [0.1, 0.15) is 11.6 Å². The molecule has 0 aliphatic carbocycles. The van der Waals surface area contributed by atoms with Gasteiger partial charge in [0.05, 0.1) is 12.8 Å². The van der Waals surface area contributed by atoms with E-state index in [9.17, 15) is 4.79 Å². The minimum Gasteiger partial charge on any atom is -0.497 e. The number of rotatable bonds is 7. The zero-order valence-electron chi connectivity index (χ0n) is 19.9. The third kappa shape index (κ3) is 5.16. The molecule has 8 heteroatoms. The second-order valence-corrected chi connectivity index (χ2v) is 8.69. The lowest BCUT2D eigenvalue weighted by Crippen LogP contribution is -2.39. The number of hydrogen-bond acceptors (Lipinski definition) is 6. The fraction of sp³-hybridized carbons (Fsp3) is 0.440. The van der Waals surface area contributed by atoms with Gasteiger partial charge in [0.25, 0.3) is 0 Å². The van der Waals surface area contributed by atoms with Crippen LogP contribution in [0.5, 0.6) is 5.75 Å². The summed E-state index contributed by atoms with van der Waals surface area (Å²) < 4.78 is 7.45. The first-order valence-electron chi connectivity index (χ1n) is 11.4. The van der Waals surface area contributed by atoms with Gasteiger partial charge in [-0.05, 0) is 37.5 Å². The molecule has 2 aromatic heterocycles. The standard InChI is InChI=1S/C25H32N6O2/c1-18-26-11-14-30(18)13-10-23(32)31-12-6-8-20(17-31)24-22(16-27-25(28-24)29(2)3)19-7-5-9-21(15-19)33-4/h5,7,9,11,14-16,20H,6,8,10,12-13,17H2,1-4H3/t20-/m1/s1. The number of carbonyl (C=O) groups is 1. The predicted octanol–water partition coefficient (Wildman–Crippen LogP) is 3.52. The fourth-order valence-corrected chi connectivity index (χ4v) is 4.37. The fourth-order valence-electron chi connectivity index (χ4n) is 4.37. The van der Waals surface area contributed by atoms with E-state index in [1.54, 1.807) is 13.3 Å². The Bertz CT molecular complexity index is 1110. The molecular formula is C25H32N6O2. The average Bonchev–Trinajstić information content (AvgIpc) is 3.26. The van der Waals surface area contributed by atoms with E-state index in [1.165, 1.54) is 0 Å². The normalized spacial score (nSPS) is 16.0. The van der Waals surface area contributed by atoms with E-state index in [0.717, 1.165) is 47.8 Å². The van der Waals surface area contributed by atoms with Gasteiger partial charge in [-0.2, -0.15) is 0 Å². The summed E-state index contributed by atoms with van der Waals surface area (Å²) in [7, 11) is 5.56. The lowest BCUT2D eigenvalue weighted by atomic mass is 9.89. The highest BCUT2D eigenvalue weighted by Crippen LogP contribution is 2.35. The van der Waals surface area contributed by atoms with E-state index < -0.39 is 0 Å². The van der Waals surface area contributed by atoms with Crippen molar-refractivity contribution >= 4 is 11.9 Å². The number of nitrogens with zero attached hydrogens (tertiary/aromatic N) is 6. The van der Waals surface area contributed by atoms with Crippen molar-refractivity contribution in [3.8, 4) is 16.9 Å². The van der Waals surface area contributed by atoms with Gasteiger partial charge in [-0.3, -0.25) is 4.79 Å². The van der Waals surface area contributed by atoms with E-state index in [-0.39, 0.29) is 11.8 Å². The highest BCUT2D eigenvalue weighted by molar-refractivity contribution is 5.76. The van der Waals surface area contributed by atoms with Crippen LogP contribution in [0.4, 0.5) is 5.95 Å². The van der Waals surface area contributed by atoms with Gasteiger partial charge in [-0.25, -0.2) is 15.0 Å². The lowest BCUT2D eigenvalue weighted by Gasteiger charge is -2.33. The van der Waals surface area contributed by atoms with Crippen molar-refractivity contribution in [2.45, 2.75) is 38.6 Å². The molecular weight excluding hydrogens is 416 g/mol. The van der Waals surface area contributed by atoms with Crippen LogP contribution in [-0.2, 0) is 11.3 Å². The average molecular weight is 449 g/mol. The first-order valence-corrected chi connectivity index (χ1v) is 11.4. The van der Waals surface area contributed by atoms with Crippen LogP contribution in [0.2, 0.25) is 0 Å². The van der Waals surface area contributed by atoms with Crippen LogP contribution in [0, 0.1) is 6.92 Å². The number of carbonyl (C=O) groups excluding carboxylic acids is 1. The van der Waals surface area contributed by atoms with Crippen LogP contribution in [0.3, 0.4) is 0 Å². The Morgan fingerprint density at radius 1 is 1.27 bits per heavy atom. The minimum absolute atomic E-state index is 0.153. The second-order valence-electron chi connectivity index (χ2n) is 8.69. The Labute approximate surface area is 195 Å². The van der Waals surface area contributed by atoms with Crippen molar-refractivity contribution in [2.75, 3.05) is 39.2 Å². The third-order valence-electron chi connectivity index (χ3n) is 6.24. The zero-order valence-corrected chi connectivity index (χ0v) is 19.9. The van der Waals surface area contributed by atoms with E-state index >= 15 is 0 Å². The predicted molar refractivity (Wildman–Crippen MR) is 128 cm³/mol. The Hall–Kier alpha value is -3.42. The molecule has 33 heavy (non-hydrogen) atoms. The number of anilines is 1. The number of ether oxygens (including phenoxy) is 1. The van der Waals surface area contributed by atoms with Crippen LogP contribution in [0.25, 0.3) is 11.1 Å². The van der Waals surface area contributed by atoms with Crippen LogP contribution < -0.4 is 9.64 Å². The number of amides is 1. The third-order valence-corrected chi connectivity index (χ3v) is 6.24. The number of piperidine rings is 1. The highest BCUT2D eigenvalue weighted by atomic mass is 16.5. The minimum atomic E-state index is 0.153. The Morgan fingerprint density at radius 3 is 2.85 bits per heavy atom. The van der Waals surface area contributed by atoms with E-state index in [1.807, 2.05) is 66.0 Å². The number of aryl methyl sites for hydroxylation is 2. The molecule has 1 fully saturated rings. The zero-order chi connectivity index (χ0) is 23.4. The van der Waals surface area contributed by atoms with Crippen LogP contribution in [0.15, 0.2) is 42.9 Å². The Kier molecular flexibility index (Phi) is 6.91. The summed E-state index contributed by atoms with van der Waals surface area (Å²) in [6.45, 7) is 4.07. The summed E-state index contributed by atoms with van der Waals surface area (Å²) in [4.78, 5) is 30.7. The summed E-state index contributed by atoms with van der Waals surface area (Å²) in [5, 5.41) is 0. The molecule has 3 aromatic rings. The van der Waals surface area contributed by atoms with E-state index in [4.69, 9.17) is 9.72 Å². The summed E-state index contributed by atoms with van der Waals surface area (Å²) in [6.07, 6.45) is 8.01. The van der Waals surface area contributed by atoms with Crippen LogP contribution in [0.1, 0.15) is 36.7 Å². The molecule has 0 N–H and O–H groups in total. The van der Waals surface area contributed by atoms with Crippen molar-refractivity contribution in [3.63, 3.8) is 0 Å². The van der Waals surface area contributed by atoms with Crippen molar-refractivity contribution in [3.05, 3.63) is 54.4 Å². The monoisotopic (exact) mass is 448 g/mol. The highest BCUT2D eigenvalue weighted by Gasteiger charge is 2.28. The van der Waals surface area contributed by atoms with Gasteiger partial charge in [-0.15, -0.1) is 0 Å². The second kappa shape index (κ2) is 10.0. The molecule has 3 heterocycles. The molecule has 1 saturated heterocycles. The van der Waals surface area contributed by atoms with Gasteiger partial charge in [-0.1, -0.05) is 12.1 Å². The molecule has 0 radical (unpaired) electrons. The van der Waals surface area contributed by atoms with Gasteiger partial charge >= 0.3 is 0 Å². The van der Waals surface area contributed by atoms with Crippen molar-refractivity contribution in [1.82, 2.24) is 24.4 Å². The molecule has 0 bridgehead atoms. The SMILES string of the molecule is COc1cccc(-c2cnc(N(C)C)nc2[C@@H]2CCCN(C(=O)CCn3ccnc3C)C2)c1. The molecule has 1 atom stereocenters. The molecule has 0 saturated carbocycles. The smallest absolute Gasteiger partial charge is 0.225 e. The molecule has 1 aliphatic heterocycles. The first-order chi connectivity index (χ1) is 16.0. The molecule has 1 aromatic carbocycles. The topological polar surface area (TPSA) is 76.4 Å². The Morgan fingerprint density at radius 2 is 2.12 bits per heavy atom. The van der Waals surface area contributed by atoms with Crippen LogP contribution in [-0.4, -0.2) is 64.6 Å². The maximum Gasteiger partial charge on any atom is 0.225 e. The summed E-state index contributed by atoms with van der Waals surface area (Å²) in [5.41, 5.74) is 3.01. The molecule has 1 aliphatic rings. The maximum absolute atomic E-state index is 13.0. The van der Waals surface area contributed by atoms with Gasteiger partial charge in [0.15, 0.2) is 0 Å². The lowest BCUT2D eigenvalue weighted by molar-refractivity contribution is -0.132. The molecule has 0 unspecified atom stereocenters. The summed E-state index contributed by atoms with van der Waals surface area (Å²) >= 11 is 0. The van der Waals surface area contributed by atoms with E-state index in [0.29, 0.717) is 25.5 Å². The van der Waals surface area contributed by atoms with Gasteiger partial charge < -0.3 is 19.1 Å². The summed E-state index contributed by atoms with van der Waals surface area (Å²) in [5.74, 6) is 2.73. The van der Waals surface area contributed by atoms with Crippen LogP contribution >= 0.6 is 0 Å². The molecule has 8 nitrogen and oxygen atoms in total. The van der Waals surface area contributed by atoms with Crippen molar-refractivity contribution in [2.24, 2.45) is 0 Å². The number of aromatic nitrogens is 4. The van der Waals surface area contributed by atoms with Gasteiger partial charge in [0.2, 0.25) is 11.9 Å². The Balaban J connectivity index is 1.58. The quantitative estimate of drug-likeness (QED) is 0.551. The van der Waals surface area contributed by atoms with Crippen molar-refractivity contribution < 1.29 is 9.53 Å². The van der Waals surface area contributed by atoms with Gasteiger partial charge in [0, 0.05) is 70.2 Å². The molecule has 1 amide bonds. The first kappa shape index (κ1) is 22.8. The molecule has 4 rings (SSSR count). The number of hydrogen-bond donors (Lipinski definition) is 0. The maximum atomic E-state index is 13.0. The number of methoxy groups -OCH3 is 1.